The topological polar surface area (TPSA) is 186 Å². The van der Waals surface area contributed by atoms with Gasteiger partial charge in [-0.15, -0.1) is 0 Å². The van der Waals surface area contributed by atoms with Crippen LogP contribution in [-0.2, 0) is 25.6 Å². The fraction of sp³-hybridized carbons (Fsp3) is 0.389. The Labute approximate surface area is 177 Å². The number of carboxylic acid groups (broad SMARTS) is 2. The molecule has 0 spiro atoms. The summed E-state index contributed by atoms with van der Waals surface area (Å²) in [5.74, 6) is -4.27. The van der Waals surface area contributed by atoms with Gasteiger partial charge in [-0.2, -0.15) is 12.6 Å². The first-order valence-corrected chi connectivity index (χ1v) is 9.43. The molecular formula is C18H23N3O8S. The van der Waals surface area contributed by atoms with Gasteiger partial charge in [0.15, 0.2) is 0 Å². The third-order valence-electron chi connectivity index (χ3n) is 3.89. The molecule has 0 aliphatic carbocycles. The van der Waals surface area contributed by atoms with E-state index in [2.05, 4.69) is 28.3 Å². The van der Waals surface area contributed by atoms with Gasteiger partial charge in [-0.25, -0.2) is 4.79 Å². The number of thiol groups is 1. The van der Waals surface area contributed by atoms with Crippen LogP contribution in [0.15, 0.2) is 23.2 Å². The average Bonchev–Trinajstić information content (AvgIpc) is 2.68. The van der Waals surface area contributed by atoms with Gasteiger partial charge in [0.05, 0.1) is 0 Å². The molecule has 0 bridgehead atoms. The van der Waals surface area contributed by atoms with Gasteiger partial charge in [-0.3, -0.25) is 19.4 Å². The molecule has 2 amide bonds. The number of phenols is 2. The molecule has 30 heavy (non-hydrogen) atoms. The van der Waals surface area contributed by atoms with E-state index in [1.54, 1.807) is 0 Å². The molecule has 0 saturated heterocycles. The van der Waals surface area contributed by atoms with E-state index < -0.39 is 42.4 Å². The highest BCUT2D eigenvalue weighted by Gasteiger charge is 2.22. The van der Waals surface area contributed by atoms with Crippen LogP contribution in [-0.4, -0.2) is 74.8 Å². The number of hydrogen-bond acceptors (Lipinski definition) is 8. The second-order valence-electron chi connectivity index (χ2n) is 6.12. The van der Waals surface area contributed by atoms with Crippen LogP contribution < -0.4 is 10.6 Å². The van der Waals surface area contributed by atoms with Crippen LogP contribution in [0.4, 0.5) is 0 Å². The van der Waals surface area contributed by atoms with Crippen LogP contribution in [0, 0.1) is 0 Å². The zero-order valence-corrected chi connectivity index (χ0v) is 16.7. The second kappa shape index (κ2) is 12.3. The number of rotatable bonds is 12. The van der Waals surface area contributed by atoms with Crippen molar-refractivity contribution in [2.24, 2.45) is 4.99 Å². The third kappa shape index (κ3) is 8.39. The molecule has 0 aliphatic rings. The molecule has 164 valence electrons. The van der Waals surface area contributed by atoms with Crippen molar-refractivity contribution in [3.8, 4) is 11.5 Å². The lowest BCUT2D eigenvalue weighted by molar-refractivity contribution is -0.139. The van der Waals surface area contributed by atoms with Crippen LogP contribution in [0.1, 0.15) is 18.4 Å². The number of hydrogen-bond donors (Lipinski definition) is 7. The zero-order valence-electron chi connectivity index (χ0n) is 15.8. The Morgan fingerprint density at radius 1 is 1.13 bits per heavy atom. The molecular weight excluding hydrogens is 418 g/mol. The Morgan fingerprint density at radius 3 is 2.30 bits per heavy atom. The van der Waals surface area contributed by atoms with Gasteiger partial charge in [0, 0.05) is 30.4 Å². The van der Waals surface area contributed by atoms with E-state index in [0.717, 1.165) is 0 Å². The Morgan fingerprint density at radius 2 is 1.77 bits per heavy atom. The molecule has 0 aromatic heterocycles. The minimum atomic E-state index is -1.27. The van der Waals surface area contributed by atoms with Crippen molar-refractivity contribution in [1.82, 2.24) is 10.6 Å². The Balaban J connectivity index is 2.60. The number of nitrogens with zero attached hydrogens (tertiary/aromatic N) is 1. The van der Waals surface area contributed by atoms with Crippen LogP contribution in [0.2, 0.25) is 0 Å². The van der Waals surface area contributed by atoms with Gasteiger partial charge in [0.1, 0.15) is 30.1 Å². The summed E-state index contributed by atoms with van der Waals surface area (Å²) >= 11 is 3.93. The van der Waals surface area contributed by atoms with Crippen LogP contribution >= 0.6 is 12.6 Å². The van der Waals surface area contributed by atoms with Crippen LogP contribution in [0.5, 0.6) is 11.5 Å². The van der Waals surface area contributed by atoms with Crippen LogP contribution in [0.25, 0.3) is 0 Å². The van der Waals surface area contributed by atoms with Gasteiger partial charge in [0.2, 0.25) is 11.8 Å². The number of carboxylic acids is 2. The maximum atomic E-state index is 12.0. The molecule has 0 radical (unpaired) electrons. The first-order chi connectivity index (χ1) is 14.1. The van der Waals surface area contributed by atoms with E-state index in [9.17, 15) is 34.5 Å². The molecule has 6 N–H and O–H groups in total. The van der Waals surface area contributed by atoms with E-state index in [0.29, 0.717) is 0 Å². The van der Waals surface area contributed by atoms with Gasteiger partial charge in [-0.05, 0) is 18.6 Å². The SMILES string of the molecule is O=C(O)CNC(=O)[C@H](CS)NC(=O)CC[C@H](N=CCc1c(O)cccc1O)C(=O)O. The Hall–Kier alpha value is -3.28. The zero-order chi connectivity index (χ0) is 22.7. The minimum absolute atomic E-state index is 0.0139. The van der Waals surface area contributed by atoms with Gasteiger partial charge < -0.3 is 31.1 Å². The van der Waals surface area contributed by atoms with E-state index in [1.807, 2.05) is 0 Å². The standard InChI is InChI=1S/C18H23N3O8S/c22-13-2-1-3-14(23)10(13)6-7-19-11(18(28)29)4-5-15(24)21-12(9-30)17(27)20-8-16(25)26/h1-3,7,11-12,22-23,30H,4-6,8-9H2,(H,20,27)(H,21,24)(H,25,26)(H,28,29)/t11-,12-/m0/s1. The van der Waals surface area contributed by atoms with Crippen molar-refractivity contribution in [2.45, 2.75) is 31.3 Å². The molecule has 2 atom stereocenters. The largest absolute Gasteiger partial charge is 0.508 e. The number of carbonyl (C=O) groups is 4. The predicted octanol–water partition coefficient (Wildman–Crippen LogP) is -0.440. The maximum absolute atomic E-state index is 12.0. The summed E-state index contributed by atoms with van der Waals surface area (Å²) in [7, 11) is 0. The average molecular weight is 441 g/mol. The number of phenolic OH excluding ortho intramolecular Hbond substituents is 2. The van der Waals surface area contributed by atoms with E-state index in [-0.39, 0.29) is 42.1 Å². The van der Waals surface area contributed by atoms with Crippen molar-refractivity contribution in [1.29, 1.82) is 0 Å². The predicted molar refractivity (Wildman–Crippen MR) is 109 cm³/mol. The first-order valence-electron chi connectivity index (χ1n) is 8.79. The highest BCUT2D eigenvalue weighted by atomic mass is 32.1. The molecule has 0 unspecified atom stereocenters. The molecule has 1 aromatic carbocycles. The Kier molecular flexibility index (Phi) is 10.2. The lowest BCUT2D eigenvalue weighted by Gasteiger charge is -2.16. The fourth-order valence-electron chi connectivity index (χ4n) is 2.32. The quantitative estimate of drug-likeness (QED) is 0.168. The number of aliphatic carboxylic acids is 2. The third-order valence-corrected chi connectivity index (χ3v) is 4.25. The molecule has 1 rings (SSSR count). The summed E-state index contributed by atoms with van der Waals surface area (Å²) < 4.78 is 0. The summed E-state index contributed by atoms with van der Waals surface area (Å²) in [5, 5.41) is 41.7. The molecule has 1 aromatic rings. The lowest BCUT2D eigenvalue weighted by atomic mass is 10.1. The van der Waals surface area contributed by atoms with Gasteiger partial charge >= 0.3 is 11.9 Å². The smallest absolute Gasteiger partial charge is 0.328 e. The molecule has 0 heterocycles. The van der Waals surface area contributed by atoms with Crippen molar-refractivity contribution >= 4 is 42.6 Å². The van der Waals surface area contributed by atoms with Crippen molar-refractivity contribution in [3.05, 3.63) is 23.8 Å². The van der Waals surface area contributed by atoms with Crippen LogP contribution in [0.3, 0.4) is 0 Å². The minimum Gasteiger partial charge on any atom is -0.508 e. The molecule has 11 nitrogen and oxygen atoms in total. The van der Waals surface area contributed by atoms with E-state index >= 15 is 0 Å². The number of amides is 2. The summed E-state index contributed by atoms with van der Waals surface area (Å²) in [6.45, 7) is -0.610. The van der Waals surface area contributed by atoms with Gasteiger partial charge in [-0.1, -0.05) is 6.07 Å². The maximum Gasteiger partial charge on any atom is 0.328 e. The summed E-state index contributed by atoms with van der Waals surface area (Å²) in [6, 6.07) is 1.86. The molecule has 0 fully saturated rings. The highest BCUT2D eigenvalue weighted by molar-refractivity contribution is 7.80. The fourth-order valence-corrected chi connectivity index (χ4v) is 2.58. The van der Waals surface area contributed by atoms with Crippen molar-refractivity contribution in [2.75, 3.05) is 12.3 Å². The second-order valence-corrected chi connectivity index (χ2v) is 6.48. The number of aliphatic imine (C=N–C) groups is 1. The highest BCUT2D eigenvalue weighted by Crippen LogP contribution is 2.26. The normalized spacial score (nSPS) is 12.8. The summed E-state index contributed by atoms with van der Waals surface area (Å²) in [6.07, 6.45) is 0.786. The molecule has 0 saturated carbocycles. The number of nitrogens with one attached hydrogen (secondary N) is 2. The molecule has 12 heteroatoms. The number of benzene rings is 1. The van der Waals surface area contributed by atoms with Gasteiger partial charge in [0.25, 0.3) is 0 Å². The van der Waals surface area contributed by atoms with E-state index in [1.165, 1.54) is 24.4 Å². The first kappa shape index (κ1) is 24.8. The summed E-state index contributed by atoms with van der Waals surface area (Å²) in [5.41, 5.74) is 0.187. The van der Waals surface area contributed by atoms with Crippen molar-refractivity contribution in [3.63, 3.8) is 0 Å². The monoisotopic (exact) mass is 441 g/mol. The molecule has 0 aliphatic heterocycles. The Bertz CT molecular complexity index is 794. The van der Waals surface area contributed by atoms with Crippen molar-refractivity contribution < 1.29 is 39.6 Å². The number of carbonyl (C=O) groups excluding carboxylic acids is 2. The lowest BCUT2D eigenvalue weighted by Crippen LogP contribution is -2.49. The van der Waals surface area contributed by atoms with E-state index in [4.69, 9.17) is 5.11 Å². The summed E-state index contributed by atoms with van der Waals surface area (Å²) in [4.78, 5) is 49.5. The number of aromatic hydroxyl groups is 2.